The van der Waals surface area contributed by atoms with Gasteiger partial charge in [-0.2, -0.15) is 0 Å². The van der Waals surface area contributed by atoms with E-state index in [4.69, 9.17) is 4.74 Å². The fourth-order valence-electron chi connectivity index (χ4n) is 2.37. The SMILES string of the molecule is CN(C)c1ncccc1O[C@@H]1CCN(C(=O)C(C)(C)F)C1. The number of carbonyl (C=O) groups excluding carboxylic acids is 1. The minimum atomic E-state index is -1.84. The van der Waals surface area contributed by atoms with Crippen LogP contribution in [0, 0.1) is 0 Å². The van der Waals surface area contributed by atoms with Crippen LogP contribution < -0.4 is 9.64 Å². The molecule has 1 fully saturated rings. The summed E-state index contributed by atoms with van der Waals surface area (Å²) in [5, 5.41) is 0. The summed E-state index contributed by atoms with van der Waals surface area (Å²) in [5.74, 6) is 0.946. The Kier molecular flexibility index (Phi) is 4.34. The van der Waals surface area contributed by atoms with Crippen LogP contribution in [0.5, 0.6) is 5.75 Å². The number of alkyl halides is 1. The molecular formula is C15H22FN3O2. The zero-order valence-corrected chi connectivity index (χ0v) is 13.0. The average Bonchev–Trinajstić information content (AvgIpc) is 2.85. The van der Waals surface area contributed by atoms with Crippen molar-refractivity contribution in [3.05, 3.63) is 18.3 Å². The first kappa shape index (κ1) is 15.5. The van der Waals surface area contributed by atoms with Crippen molar-refractivity contribution in [2.75, 3.05) is 32.1 Å². The number of pyridine rings is 1. The Hall–Kier alpha value is -1.85. The van der Waals surface area contributed by atoms with E-state index in [0.29, 0.717) is 25.3 Å². The third-order valence-corrected chi connectivity index (χ3v) is 3.41. The largest absolute Gasteiger partial charge is 0.485 e. The molecule has 1 aromatic heterocycles. The summed E-state index contributed by atoms with van der Waals surface area (Å²) >= 11 is 0. The molecular weight excluding hydrogens is 273 g/mol. The fourth-order valence-corrected chi connectivity index (χ4v) is 2.37. The van der Waals surface area contributed by atoms with Crippen molar-refractivity contribution in [3.63, 3.8) is 0 Å². The molecule has 2 rings (SSSR count). The van der Waals surface area contributed by atoms with Crippen molar-refractivity contribution in [2.24, 2.45) is 0 Å². The van der Waals surface area contributed by atoms with E-state index in [1.807, 2.05) is 31.1 Å². The first-order valence-electron chi connectivity index (χ1n) is 7.06. The van der Waals surface area contributed by atoms with Crippen LogP contribution in [0.3, 0.4) is 0 Å². The highest BCUT2D eigenvalue weighted by molar-refractivity contribution is 5.84. The van der Waals surface area contributed by atoms with Gasteiger partial charge >= 0.3 is 0 Å². The number of aromatic nitrogens is 1. The molecule has 1 atom stereocenters. The molecule has 1 aliphatic heterocycles. The molecule has 2 heterocycles. The van der Waals surface area contributed by atoms with Gasteiger partial charge in [0.2, 0.25) is 0 Å². The predicted molar refractivity (Wildman–Crippen MR) is 79.4 cm³/mol. The van der Waals surface area contributed by atoms with E-state index >= 15 is 0 Å². The number of hydrogen-bond donors (Lipinski definition) is 0. The van der Waals surface area contributed by atoms with Gasteiger partial charge in [-0.05, 0) is 26.0 Å². The molecule has 0 saturated carbocycles. The lowest BCUT2D eigenvalue weighted by molar-refractivity contribution is -0.141. The molecule has 0 radical (unpaired) electrons. The van der Waals surface area contributed by atoms with Crippen LogP contribution in [-0.2, 0) is 4.79 Å². The quantitative estimate of drug-likeness (QED) is 0.851. The molecule has 0 N–H and O–H groups in total. The van der Waals surface area contributed by atoms with E-state index in [0.717, 1.165) is 5.82 Å². The first-order chi connectivity index (χ1) is 9.79. The first-order valence-corrected chi connectivity index (χ1v) is 7.06. The number of anilines is 1. The van der Waals surface area contributed by atoms with Gasteiger partial charge in [-0.15, -0.1) is 0 Å². The Labute approximate surface area is 124 Å². The van der Waals surface area contributed by atoms with E-state index in [2.05, 4.69) is 4.98 Å². The van der Waals surface area contributed by atoms with Gasteiger partial charge in [0, 0.05) is 33.3 Å². The van der Waals surface area contributed by atoms with Gasteiger partial charge in [0.15, 0.2) is 17.2 Å². The molecule has 1 amide bonds. The summed E-state index contributed by atoms with van der Waals surface area (Å²) in [5.41, 5.74) is -1.84. The van der Waals surface area contributed by atoms with Gasteiger partial charge < -0.3 is 14.5 Å². The number of amides is 1. The summed E-state index contributed by atoms with van der Waals surface area (Å²) in [6, 6.07) is 3.66. The van der Waals surface area contributed by atoms with Crippen LogP contribution in [0.1, 0.15) is 20.3 Å². The lowest BCUT2D eigenvalue weighted by atomic mass is 10.1. The topological polar surface area (TPSA) is 45.7 Å². The molecule has 5 nitrogen and oxygen atoms in total. The fraction of sp³-hybridized carbons (Fsp3) is 0.600. The van der Waals surface area contributed by atoms with E-state index < -0.39 is 11.6 Å². The van der Waals surface area contributed by atoms with Crippen LogP contribution in [-0.4, -0.2) is 54.7 Å². The van der Waals surface area contributed by atoms with Crippen molar-refractivity contribution in [1.29, 1.82) is 0 Å². The van der Waals surface area contributed by atoms with Gasteiger partial charge in [0.05, 0.1) is 6.54 Å². The van der Waals surface area contributed by atoms with Gasteiger partial charge in [0.1, 0.15) is 6.10 Å². The molecule has 116 valence electrons. The molecule has 1 aliphatic rings. The number of ether oxygens (including phenoxy) is 1. The number of nitrogens with zero attached hydrogens (tertiary/aromatic N) is 3. The molecule has 1 saturated heterocycles. The van der Waals surface area contributed by atoms with Gasteiger partial charge in [0.25, 0.3) is 5.91 Å². The van der Waals surface area contributed by atoms with E-state index in [-0.39, 0.29) is 6.10 Å². The molecule has 0 aliphatic carbocycles. The highest BCUT2D eigenvalue weighted by Crippen LogP contribution is 2.27. The zero-order valence-electron chi connectivity index (χ0n) is 13.0. The van der Waals surface area contributed by atoms with E-state index in [1.54, 1.807) is 6.20 Å². The Balaban J connectivity index is 2.02. The molecule has 6 heteroatoms. The predicted octanol–water partition coefficient (Wildman–Crippen LogP) is 1.88. The second kappa shape index (κ2) is 5.87. The number of halogens is 1. The Morgan fingerprint density at radius 3 is 2.86 bits per heavy atom. The summed E-state index contributed by atoms with van der Waals surface area (Å²) < 4.78 is 19.6. The maximum Gasteiger partial charge on any atom is 0.259 e. The Bertz CT molecular complexity index is 514. The molecule has 0 aromatic carbocycles. The number of hydrogen-bond acceptors (Lipinski definition) is 4. The Morgan fingerprint density at radius 1 is 1.52 bits per heavy atom. The van der Waals surface area contributed by atoms with Crippen LogP contribution in [0.25, 0.3) is 0 Å². The summed E-state index contributed by atoms with van der Waals surface area (Å²) in [7, 11) is 3.79. The molecule has 0 spiro atoms. The second-order valence-corrected chi connectivity index (χ2v) is 5.97. The Morgan fingerprint density at radius 2 is 2.24 bits per heavy atom. The van der Waals surface area contributed by atoms with Crippen LogP contribution in [0.2, 0.25) is 0 Å². The van der Waals surface area contributed by atoms with Gasteiger partial charge in [-0.25, -0.2) is 9.37 Å². The van der Waals surface area contributed by atoms with Crippen LogP contribution in [0.4, 0.5) is 10.2 Å². The van der Waals surface area contributed by atoms with Crippen molar-refractivity contribution in [1.82, 2.24) is 9.88 Å². The van der Waals surface area contributed by atoms with Crippen LogP contribution in [0.15, 0.2) is 18.3 Å². The molecule has 0 unspecified atom stereocenters. The normalized spacial score (nSPS) is 18.7. The third kappa shape index (κ3) is 3.62. The summed E-state index contributed by atoms with van der Waals surface area (Å²) in [4.78, 5) is 19.6. The zero-order chi connectivity index (χ0) is 15.6. The number of carbonyl (C=O) groups is 1. The smallest absolute Gasteiger partial charge is 0.259 e. The maximum absolute atomic E-state index is 13.7. The highest BCUT2D eigenvalue weighted by Gasteiger charge is 2.36. The lowest BCUT2D eigenvalue weighted by Crippen LogP contribution is -2.42. The standard InChI is InChI=1S/C15H22FN3O2/c1-15(2,16)14(20)19-9-7-11(10-19)21-12-6-5-8-17-13(12)18(3)4/h5-6,8,11H,7,9-10H2,1-4H3/t11-/m1/s1. The monoisotopic (exact) mass is 295 g/mol. The average molecular weight is 295 g/mol. The molecule has 21 heavy (non-hydrogen) atoms. The molecule has 0 bridgehead atoms. The summed E-state index contributed by atoms with van der Waals surface area (Å²) in [6.45, 7) is 3.51. The number of rotatable bonds is 4. The number of likely N-dealkylation sites (tertiary alicyclic amines) is 1. The van der Waals surface area contributed by atoms with Gasteiger partial charge in [-0.3, -0.25) is 4.79 Å². The minimum absolute atomic E-state index is 0.126. The highest BCUT2D eigenvalue weighted by atomic mass is 19.1. The second-order valence-electron chi connectivity index (χ2n) is 5.97. The molecule has 1 aromatic rings. The van der Waals surface area contributed by atoms with Crippen molar-refractivity contribution >= 4 is 11.7 Å². The third-order valence-electron chi connectivity index (χ3n) is 3.41. The van der Waals surface area contributed by atoms with Crippen molar-refractivity contribution < 1.29 is 13.9 Å². The lowest BCUT2D eigenvalue weighted by Gasteiger charge is -2.23. The van der Waals surface area contributed by atoms with Crippen molar-refractivity contribution in [2.45, 2.75) is 32.0 Å². The van der Waals surface area contributed by atoms with Gasteiger partial charge in [-0.1, -0.05) is 0 Å². The minimum Gasteiger partial charge on any atom is -0.485 e. The van der Waals surface area contributed by atoms with E-state index in [1.165, 1.54) is 18.7 Å². The van der Waals surface area contributed by atoms with E-state index in [9.17, 15) is 9.18 Å². The van der Waals surface area contributed by atoms with Crippen molar-refractivity contribution in [3.8, 4) is 5.75 Å². The van der Waals surface area contributed by atoms with Crippen LogP contribution >= 0.6 is 0 Å². The summed E-state index contributed by atoms with van der Waals surface area (Å²) in [6.07, 6.45) is 2.28. The maximum atomic E-state index is 13.7.